The molecule has 0 radical (unpaired) electrons. The number of nitrogens with one attached hydrogen (secondary N) is 1. The fraction of sp³-hybridized carbons (Fsp3) is 0.171. The number of rotatable bonds is 8. The van der Waals surface area contributed by atoms with E-state index < -0.39 is 0 Å². The van der Waals surface area contributed by atoms with Crippen LogP contribution in [-0.4, -0.2) is 47.8 Å². The largest absolute Gasteiger partial charge is 0.497 e. The first-order valence-electron chi connectivity index (χ1n) is 14.6. The molecule has 46 heavy (non-hydrogen) atoms. The Bertz CT molecular complexity index is 1900. The van der Waals surface area contributed by atoms with Crippen molar-refractivity contribution in [2.45, 2.75) is 11.8 Å². The average Bonchev–Trinajstić information content (AvgIpc) is 3.69. The fourth-order valence-electron chi connectivity index (χ4n) is 5.57. The van der Waals surface area contributed by atoms with Gasteiger partial charge in [-0.1, -0.05) is 48.5 Å². The number of hydrogen-bond acceptors (Lipinski definition) is 7. The normalized spacial score (nSPS) is 15.3. The summed E-state index contributed by atoms with van der Waals surface area (Å²) in [5, 5.41) is 7.67. The Morgan fingerprint density at radius 1 is 1.00 bits per heavy atom. The number of carbonyl (C=O) groups excluding carboxylic acids is 2. The number of benzene rings is 4. The molecule has 232 valence electrons. The van der Waals surface area contributed by atoms with E-state index in [0.717, 1.165) is 22.3 Å². The van der Waals surface area contributed by atoms with Gasteiger partial charge in [0.2, 0.25) is 18.6 Å². The molecule has 0 saturated carbocycles. The minimum absolute atomic E-state index is 0.121. The molecule has 9 nitrogen and oxygen atoms in total. The van der Waals surface area contributed by atoms with Crippen LogP contribution in [0.25, 0.3) is 16.9 Å². The number of thioether (sulfide) groups is 1. The second-order valence-corrected chi connectivity index (χ2v) is 11.8. The summed E-state index contributed by atoms with van der Waals surface area (Å²) in [7, 11) is 1.60. The highest BCUT2D eigenvalue weighted by molar-refractivity contribution is 8.00. The van der Waals surface area contributed by atoms with Gasteiger partial charge < -0.3 is 19.5 Å². The zero-order valence-electron chi connectivity index (χ0n) is 24.8. The number of anilines is 1. The van der Waals surface area contributed by atoms with E-state index in [4.69, 9.17) is 19.3 Å². The maximum atomic E-state index is 14.0. The van der Waals surface area contributed by atoms with E-state index in [1.807, 2.05) is 72.8 Å². The van der Waals surface area contributed by atoms with Crippen LogP contribution < -0.4 is 24.4 Å². The maximum absolute atomic E-state index is 14.0. The first kappa shape index (κ1) is 29.4. The van der Waals surface area contributed by atoms with Gasteiger partial charge in [-0.05, 0) is 59.7 Å². The first-order chi connectivity index (χ1) is 22.5. The average molecular weight is 637 g/mol. The van der Waals surface area contributed by atoms with Crippen molar-refractivity contribution in [2.75, 3.05) is 31.1 Å². The summed E-state index contributed by atoms with van der Waals surface area (Å²) in [6.07, 6.45) is 0. The predicted octanol–water partition coefficient (Wildman–Crippen LogP) is 5.90. The molecule has 2 aliphatic heterocycles. The number of aromatic nitrogens is 2. The van der Waals surface area contributed by atoms with E-state index >= 15 is 0 Å². The number of hydrogen-bond donors (Lipinski definition) is 1. The lowest BCUT2D eigenvalue weighted by molar-refractivity contribution is -0.123. The monoisotopic (exact) mass is 636 g/mol. The van der Waals surface area contributed by atoms with Crippen LogP contribution in [-0.2, 0) is 16.1 Å². The van der Waals surface area contributed by atoms with Crippen LogP contribution in [0.1, 0.15) is 21.9 Å². The number of carbonyl (C=O) groups is 2. The second kappa shape index (κ2) is 12.6. The summed E-state index contributed by atoms with van der Waals surface area (Å²) in [6, 6.07) is 28.9. The number of methoxy groups -OCH3 is 1. The standard InChI is InChI=1S/C35H29FN4O5S/c1-43-27-14-12-26(13-15-27)40-35-32(33(38-40)23-5-3-2-4-6-23)34(24-9-16-28-29(17-24)45-21-44-28)46-20-31(42)39(35)19-30(41)37-18-22-7-10-25(36)11-8-22/h2-17,34H,18-21H2,1H3,(H,37,41)/t34-/m1/s1. The van der Waals surface area contributed by atoms with E-state index in [9.17, 15) is 14.0 Å². The third-order valence-corrected chi connectivity index (χ3v) is 9.11. The van der Waals surface area contributed by atoms with Crippen molar-refractivity contribution in [3.63, 3.8) is 0 Å². The molecule has 1 N–H and O–H groups in total. The molecule has 2 amide bonds. The van der Waals surface area contributed by atoms with Gasteiger partial charge in [0.1, 0.15) is 23.9 Å². The summed E-state index contributed by atoms with van der Waals surface area (Å²) >= 11 is 1.47. The minimum Gasteiger partial charge on any atom is -0.497 e. The molecule has 4 aromatic carbocycles. The van der Waals surface area contributed by atoms with Gasteiger partial charge in [-0.2, -0.15) is 5.10 Å². The van der Waals surface area contributed by atoms with Gasteiger partial charge in [0.05, 0.1) is 29.5 Å². The van der Waals surface area contributed by atoms with Crippen molar-refractivity contribution in [1.29, 1.82) is 0 Å². The molecule has 3 heterocycles. The molecule has 7 rings (SSSR count). The van der Waals surface area contributed by atoms with E-state index in [0.29, 0.717) is 34.4 Å². The molecule has 0 aliphatic carbocycles. The lowest BCUT2D eigenvalue weighted by Crippen LogP contribution is -2.42. The number of ether oxygens (including phenoxy) is 3. The SMILES string of the molecule is COc1ccc(-n2nc(-c3ccccc3)c3c2N(CC(=O)NCc2ccc(F)cc2)C(=O)CS[C@@H]3c2ccc3c(c2)OCO3)cc1. The van der Waals surface area contributed by atoms with Crippen LogP contribution in [0, 0.1) is 5.82 Å². The lowest BCUT2D eigenvalue weighted by Gasteiger charge is -2.23. The molecule has 1 aromatic heterocycles. The number of amides is 2. The Balaban J connectivity index is 1.37. The molecular weight excluding hydrogens is 607 g/mol. The molecule has 5 aromatic rings. The third-order valence-electron chi connectivity index (χ3n) is 7.86. The molecule has 0 bridgehead atoms. The summed E-state index contributed by atoms with van der Waals surface area (Å²) in [4.78, 5) is 29.0. The molecule has 11 heteroatoms. The van der Waals surface area contributed by atoms with Gasteiger partial charge in [-0.25, -0.2) is 9.07 Å². The van der Waals surface area contributed by atoms with Crippen LogP contribution in [0.3, 0.4) is 0 Å². The Kier molecular flexibility index (Phi) is 8.06. The van der Waals surface area contributed by atoms with E-state index in [1.54, 1.807) is 23.9 Å². The Morgan fingerprint density at radius 3 is 2.52 bits per heavy atom. The highest BCUT2D eigenvalue weighted by atomic mass is 32.2. The van der Waals surface area contributed by atoms with Gasteiger partial charge >= 0.3 is 0 Å². The summed E-state index contributed by atoms with van der Waals surface area (Å²) < 4.78 is 31.8. The summed E-state index contributed by atoms with van der Waals surface area (Å²) in [6.45, 7) is 0.0961. The Labute approximate surface area is 268 Å². The van der Waals surface area contributed by atoms with Crippen molar-refractivity contribution in [3.8, 4) is 34.2 Å². The van der Waals surface area contributed by atoms with Crippen molar-refractivity contribution >= 4 is 29.4 Å². The maximum Gasteiger partial charge on any atom is 0.240 e. The van der Waals surface area contributed by atoms with Crippen LogP contribution in [0.2, 0.25) is 0 Å². The van der Waals surface area contributed by atoms with Crippen molar-refractivity contribution in [3.05, 3.63) is 120 Å². The molecule has 0 spiro atoms. The van der Waals surface area contributed by atoms with Crippen LogP contribution in [0.5, 0.6) is 17.2 Å². The van der Waals surface area contributed by atoms with Crippen LogP contribution in [0.15, 0.2) is 97.1 Å². The van der Waals surface area contributed by atoms with Gasteiger partial charge in [0, 0.05) is 17.7 Å². The molecule has 0 unspecified atom stereocenters. The number of halogens is 1. The molecule has 2 aliphatic rings. The smallest absolute Gasteiger partial charge is 0.240 e. The van der Waals surface area contributed by atoms with Gasteiger partial charge in [-0.3, -0.25) is 14.5 Å². The minimum atomic E-state index is -0.362. The zero-order chi connectivity index (χ0) is 31.6. The van der Waals surface area contributed by atoms with Crippen LogP contribution >= 0.6 is 11.8 Å². The topological polar surface area (TPSA) is 94.9 Å². The predicted molar refractivity (Wildman–Crippen MR) is 173 cm³/mol. The zero-order valence-corrected chi connectivity index (χ0v) is 25.6. The number of fused-ring (bicyclic) bond motifs is 2. The lowest BCUT2D eigenvalue weighted by atomic mass is 9.99. The third kappa shape index (κ3) is 5.77. The fourth-order valence-corrected chi connectivity index (χ4v) is 6.76. The van der Waals surface area contributed by atoms with E-state index in [2.05, 4.69) is 5.32 Å². The highest BCUT2D eigenvalue weighted by Gasteiger charge is 2.38. The molecular formula is C35H29FN4O5S. The van der Waals surface area contributed by atoms with E-state index in [-0.39, 0.29) is 48.5 Å². The van der Waals surface area contributed by atoms with Gasteiger partial charge in [0.25, 0.3) is 0 Å². The second-order valence-electron chi connectivity index (χ2n) is 10.7. The Hall–Kier alpha value is -5.29. The molecule has 0 fully saturated rings. The highest BCUT2D eigenvalue weighted by Crippen LogP contribution is 2.50. The quantitative estimate of drug-likeness (QED) is 0.227. The summed E-state index contributed by atoms with van der Waals surface area (Å²) in [5.41, 5.74) is 4.70. The first-order valence-corrected chi connectivity index (χ1v) is 15.7. The van der Waals surface area contributed by atoms with Gasteiger partial charge in [0.15, 0.2) is 11.5 Å². The van der Waals surface area contributed by atoms with Gasteiger partial charge in [-0.15, -0.1) is 11.8 Å². The van der Waals surface area contributed by atoms with Crippen LogP contribution in [0.4, 0.5) is 10.2 Å². The van der Waals surface area contributed by atoms with Crippen molar-refractivity contribution < 1.29 is 28.2 Å². The molecule has 1 atom stereocenters. The van der Waals surface area contributed by atoms with Crippen molar-refractivity contribution in [2.24, 2.45) is 0 Å². The summed E-state index contributed by atoms with van der Waals surface area (Å²) in [5.74, 6) is 1.64. The van der Waals surface area contributed by atoms with E-state index in [1.165, 1.54) is 28.8 Å². The number of nitrogens with zero attached hydrogens (tertiary/aromatic N) is 3. The Morgan fingerprint density at radius 2 is 1.76 bits per heavy atom. The van der Waals surface area contributed by atoms with Crippen molar-refractivity contribution in [1.82, 2.24) is 15.1 Å². The molecule has 0 saturated heterocycles.